The molecular formula is C14H21N3O. The zero-order chi connectivity index (χ0) is 13.0. The second-order valence-electron chi connectivity index (χ2n) is 4.83. The lowest BCUT2D eigenvalue weighted by molar-refractivity contribution is 0.264. The van der Waals surface area contributed by atoms with Crippen LogP contribution in [0.1, 0.15) is 30.4 Å². The number of hydrogen-bond donors (Lipinski definition) is 2. The number of amidine groups is 1. The van der Waals surface area contributed by atoms with Gasteiger partial charge in [0.1, 0.15) is 5.84 Å². The van der Waals surface area contributed by atoms with Crippen molar-refractivity contribution in [3.05, 3.63) is 35.4 Å². The molecule has 0 spiro atoms. The van der Waals surface area contributed by atoms with Gasteiger partial charge in [-0.05, 0) is 24.1 Å². The van der Waals surface area contributed by atoms with Crippen LogP contribution in [0.3, 0.4) is 0 Å². The van der Waals surface area contributed by atoms with Gasteiger partial charge < -0.3 is 15.8 Å². The van der Waals surface area contributed by atoms with Crippen LogP contribution in [0.15, 0.2) is 29.4 Å². The molecule has 0 aromatic heterocycles. The maximum Gasteiger partial charge on any atom is 0.140 e. The van der Waals surface area contributed by atoms with Crippen LogP contribution in [-0.4, -0.2) is 35.6 Å². The molecule has 1 aliphatic carbocycles. The maximum absolute atomic E-state index is 8.53. The molecule has 0 fully saturated rings. The summed E-state index contributed by atoms with van der Waals surface area (Å²) in [5.41, 5.74) is 8.47. The summed E-state index contributed by atoms with van der Waals surface area (Å²) in [6.45, 7) is 5.06. The molecular weight excluding hydrogens is 226 g/mol. The summed E-state index contributed by atoms with van der Waals surface area (Å²) >= 11 is 0. The summed E-state index contributed by atoms with van der Waals surface area (Å²) in [5, 5.41) is 11.5. The van der Waals surface area contributed by atoms with E-state index in [-0.39, 0.29) is 0 Å². The van der Waals surface area contributed by atoms with E-state index in [2.05, 4.69) is 41.2 Å². The van der Waals surface area contributed by atoms with E-state index in [0.717, 1.165) is 19.6 Å². The number of benzene rings is 1. The minimum absolute atomic E-state index is 0.308. The standard InChI is InChI=1S/C14H21N3O/c1-2-17(8-7-14(15)16-18)10-12-9-11-5-3-4-6-13(11)12/h3-6,12,18H,2,7-10H2,1H3,(H2,15,16). The van der Waals surface area contributed by atoms with Crippen LogP contribution in [-0.2, 0) is 6.42 Å². The molecule has 4 nitrogen and oxygen atoms in total. The van der Waals surface area contributed by atoms with Crippen molar-refractivity contribution >= 4 is 5.84 Å². The summed E-state index contributed by atoms with van der Waals surface area (Å²) < 4.78 is 0. The molecule has 0 saturated heterocycles. The number of nitrogens with two attached hydrogens (primary N) is 1. The van der Waals surface area contributed by atoms with Gasteiger partial charge in [-0.15, -0.1) is 0 Å². The molecule has 0 heterocycles. The predicted octanol–water partition coefficient (Wildman–Crippen LogP) is 1.78. The van der Waals surface area contributed by atoms with Crippen molar-refractivity contribution in [1.29, 1.82) is 0 Å². The second kappa shape index (κ2) is 5.87. The van der Waals surface area contributed by atoms with Gasteiger partial charge in [-0.2, -0.15) is 0 Å². The van der Waals surface area contributed by atoms with Crippen LogP contribution in [0.25, 0.3) is 0 Å². The van der Waals surface area contributed by atoms with E-state index in [1.807, 2.05) is 0 Å². The average Bonchev–Trinajstić information content (AvgIpc) is 2.39. The van der Waals surface area contributed by atoms with Crippen LogP contribution >= 0.6 is 0 Å². The fourth-order valence-electron chi connectivity index (χ4n) is 2.54. The first-order chi connectivity index (χ1) is 8.74. The lowest BCUT2D eigenvalue weighted by atomic mass is 9.77. The summed E-state index contributed by atoms with van der Waals surface area (Å²) in [6, 6.07) is 8.64. The quantitative estimate of drug-likeness (QED) is 0.349. The number of likely N-dealkylation sites (N-methyl/N-ethyl adjacent to an activating group) is 1. The first-order valence-electron chi connectivity index (χ1n) is 6.51. The van der Waals surface area contributed by atoms with Crippen LogP contribution in [0, 0.1) is 0 Å². The molecule has 1 aliphatic rings. The van der Waals surface area contributed by atoms with E-state index in [1.165, 1.54) is 17.5 Å². The number of rotatable bonds is 6. The maximum atomic E-state index is 8.53. The van der Waals surface area contributed by atoms with Crippen molar-refractivity contribution in [3.8, 4) is 0 Å². The summed E-state index contributed by atoms with van der Waals surface area (Å²) in [5.74, 6) is 0.955. The van der Waals surface area contributed by atoms with Gasteiger partial charge in [0.15, 0.2) is 0 Å². The normalized spacial score (nSPS) is 18.6. The van der Waals surface area contributed by atoms with E-state index in [0.29, 0.717) is 18.2 Å². The van der Waals surface area contributed by atoms with E-state index < -0.39 is 0 Å². The molecule has 2 rings (SSSR count). The van der Waals surface area contributed by atoms with Crippen molar-refractivity contribution in [2.24, 2.45) is 10.9 Å². The summed E-state index contributed by atoms with van der Waals surface area (Å²) in [4.78, 5) is 2.36. The van der Waals surface area contributed by atoms with Crippen LogP contribution in [0.2, 0.25) is 0 Å². The molecule has 18 heavy (non-hydrogen) atoms. The lowest BCUT2D eigenvalue weighted by Crippen LogP contribution is -2.35. The van der Waals surface area contributed by atoms with E-state index in [1.54, 1.807) is 0 Å². The van der Waals surface area contributed by atoms with E-state index in [4.69, 9.17) is 10.9 Å². The van der Waals surface area contributed by atoms with Gasteiger partial charge in [0.2, 0.25) is 0 Å². The number of oxime groups is 1. The largest absolute Gasteiger partial charge is 0.409 e. The Morgan fingerprint density at radius 3 is 2.94 bits per heavy atom. The van der Waals surface area contributed by atoms with Crippen molar-refractivity contribution < 1.29 is 5.21 Å². The van der Waals surface area contributed by atoms with Gasteiger partial charge in [-0.3, -0.25) is 0 Å². The molecule has 98 valence electrons. The smallest absolute Gasteiger partial charge is 0.140 e. The highest BCUT2D eigenvalue weighted by Crippen LogP contribution is 2.35. The Labute approximate surface area is 108 Å². The Morgan fingerprint density at radius 1 is 1.50 bits per heavy atom. The number of nitrogens with zero attached hydrogens (tertiary/aromatic N) is 2. The molecule has 0 saturated carbocycles. The first kappa shape index (κ1) is 12.9. The molecule has 3 N–H and O–H groups in total. The van der Waals surface area contributed by atoms with Crippen molar-refractivity contribution in [3.63, 3.8) is 0 Å². The van der Waals surface area contributed by atoms with Crippen molar-refractivity contribution in [2.45, 2.75) is 25.7 Å². The van der Waals surface area contributed by atoms with Crippen LogP contribution in [0.5, 0.6) is 0 Å². The third kappa shape index (κ3) is 2.82. The van der Waals surface area contributed by atoms with Gasteiger partial charge in [0, 0.05) is 25.4 Å². The minimum Gasteiger partial charge on any atom is -0.409 e. The Balaban J connectivity index is 1.85. The summed E-state index contributed by atoms with van der Waals surface area (Å²) in [7, 11) is 0. The van der Waals surface area contributed by atoms with Gasteiger partial charge in [0.05, 0.1) is 0 Å². The van der Waals surface area contributed by atoms with Crippen LogP contribution < -0.4 is 5.73 Å². The summed E-state index contributed by atoms with van der Waals surface area (Å²) in [6.07, 6.45) is 1.80. The van der Waals surface area contributed by atoms with E-state index in [9.17, 15) is 0 Å². The topological polar surface area (TPSA) is 61.8 Å². The van der Waals surface area contributed by atoms with Crippen molar-refractivity contribution in [2.75, 3.05) is 19.6 Å². The van der Waals surface area contributed by atoms with Gasteiger partial charge >= 0.3 is 0 Å². The number of hydrogen-bond acceptors (Lipinski definition) is 3. The molecule has 0 bridgehead atoms. The molecule has 1 aromatic rings. The highest BCUT2D eigenvalue weighted by molar-refractivity contribution is 5.79. The average molecular weight is 247 g/mol. The lowest BCUT2D eigenvalue weighted by Gasteiger charge is -2.34. The number of fused-ring (bicyclic) bond motifs is 1. The van der Waals surface area contributed by atoms with E-state index >= 15 is 0 Å². The SMILES string of the molecule is CCN(CCC(N)=NO)CC1Cc2ccccc21. The zero-order valence-electron chi connectivity index (χ0n) is 10.8. The molecule has 1 unspecified atom stereocenters. The molecule has 0 aliphatic heterocycles. The Morgan fingerprint density at radius 2 is 2.28 bits per heavy atom. The fourth-order valence-corrected chi connectivity index (χ4v) is 2.54. The molecule has 0 amide bonds. The zero-order valence-corrected chi connectivity index (χ0v) is 10.8. The minimum atomic E-state index is 0.308. The highest BCUT2D eigenvalue weighted by atomic mass is 16.4. The van der Waals surface area contributed by atoms with Crippen LogP contribution in [0.4, 0.5) is 0 Å². The first-order valence-corrected chi connectivity index (χ1v) is 6.51. The fraction of sp³-hybridized carbons (Fsp3) is 0.500. The molecule has 1 atom stereocenters. The molecule has 4 heteroatoms. The third-order valence-corrected chi connectivity index (χ3v) is 3.70. The Kier molecular flexibility index (Phi) is 4.20. The van der Waals surface area contributed by atoms with Crippen molar-refractivity contribution in [1.82, 2.24) is 4.90 Å². The van der Waals surface area contributed by atoms with Gasteiger partial charge in [-0.25, -0.2) is 0 Å². The molecule has 0 radical (unpaired) electrons. The van der Waals surface area contributed by atoms with Gasteiger partial charge in [0.25, 0.3) is 0 Å². The third-order valence-electron chi connectivity index (χ3n) is 3.70. The second-order valence-corrected chi connectivity index (χ2v) is 4.83. The monoisotopic (exact) mass is 247 g/mol. The highest BCUT2D eigenvalue weighted by Gasteiger charge is 2.26. The predicted molar refractivity (Wildman–Crippen MR) is 73.0 cm³/mol. The molecule has 1 aromatic carbocycles. The Hall–Kier alpha value is -1.55. The van der Waals surface area contributed by atoms with Gasteiger partial charge in [-0.1, -0.05) is 36.3 Å². The Bertz CT molecular complexity index is 431.